The van der Waals surface area contributed by atoms with Gasteiger partial charge in [0, 0.05) is 16.1 Å². The molecule has 146 valence electrons. The fraction of sp³-hybridized carbons (Fsp3) is 0.130. The van der Waals surface area contributed by atoms with Crippen LogP contribution < -0.4 is 16.2 Å². The first-order chi connectivity index (χ1) is 14.1. The van der Waals surface area contributed by atoms with Crippen molar-refractivity contribution in [3.8, 4) is 0 Å². The summed E-state index contributed by atoms with van der Waals surface area (Å²) in [5, 5.41) is 3.22. The average molecular weight is 406 g/mol. The number of hydrazine groups is 1. The molecule has 1 aliphatic carbocycles. The van der Waals surface area contributed by atoms with E-state index in [0.717, 1.165) is 11.1 Å². The summed E-state index contributed by atoms with van der Waals surface area (Å²) >= 11 is 5.84. The summed E-state index contributed by atoms with van der Waals surface area (Å²) < 4.78 is 0. The molecule has 3 aromatic rings. The highest BCUT2D eigenvalue weighted by atomic mass is 35.5. The van der Waals surface area contributed by atoms with E-state index in [0.29, 0.717) is 17.1 Å². The number of carbonyl (C=O) groups excluding carboxylic acids is 2. The smallest absolute Gasteiger partial charge is 0.307 e. The van der Waals surface area contributed by atoms with Gasteiger partial charge in [0.15, 0.2) is 0 Å². The molecule has 0 aromatic heterocycles. The largest absolute Gasteiger partial charge is 0.337 e. The number of hydrogen-bond donors (Lipinski definition) is 3. The van der Waals surface area contributed by atoms with Crippen LogP contribution in [0.15, 0.2) is 84.9 Å². The highest BCUT2D eigenvalue weighted by Gasteiger charge is 2.60. The molecule has 0 radical (unpaired) electrons. The Morgan fingerprint density at radius 1 is 0.793 bits per heavy atom. The first-order valence-electron chi connectivity index (χ1n) is 9.33. The lowest BCUT2D eigenvalue weighted by molar-refractivity contribution is -0.123. The quantitative estimate of drug-likeness (QED) is 0.559. The zero-order valence-electron chi connectivity index (χ0n) is 15.6. The zero-order chi connectivity index (χ0) is 20.3. The SMILES string of the molecule is O=C(NNC(=O)C1CC1(c1ccccc1)c1ccccc1)Nc1ccc(Cl)cc1. The normalized spacial score (nSPS) is 16.5. The van der Waals surface area contributed by atoms with Gasteiger partial charge >= 0.3 is 6.03 Å². The van der Waals surface area contributed by atoms with Gasteiger partial charge < -0.3 is 5.32 Å². The molecule has 3 N–H and O–H groups in total. The Bertz CT molecular complexity index is 968. The van der Waals surface area contributed by atoms with Gasteiger partial charge in [0.1, 0.15) is 0 Å². The fourth-order valence-corrected chi connectivity index (χ4v) is 3.88. The molecule has 5 nitrogen and oxygen atoms in total. The lowest BCUT2D eigenvalue weighted by atomic mass is 9.85. The van der Waals surface area contributed by atoms with Crippen LogP contribution in [0, 0.1) is 5.92 Å². The maximum atomic E-state index is 12.8. The zero-order valence-corrected chi connectivity index (χ0v) is 16.3. The summed E-state index contributed by atoms with van der Waals surface area (Å²) in [5.41, 5.74) is 7.36. The Kier molecular flexibility index (Phi) is 5.23. The predicted molar refractivity (Wildman–Crippen MR) is 114 cm³/mol. The van der Waals surface area contributed by atoms with Crippen molar-refractivity contribution in [2.75, 3.05) is 5.32 Å². The lowest BCUT2D eigenvalue weighted by Crippen LogP contribution is -2.45. The molecule has 0 bridgehead atoms. The second kappa shape index (κ2) is 7.97. The number of carbonyl (C=O) groups is 2. The average Bonchev–Trinajstić information content (AvgIpc) is 3.52. The van der Waals surface area contributed by atoms with Gasteiger partial charge in [0.2, 0.25) is 5.91 Å². The molecule has 1 saturated carbocycles. The van der Waals surface area contributed by atoms with Crippen molar-refractivity contribution in [3.05, 3.63) is 101 Å². The minimum atomic E-state index is -0.522. The second-order valence-electron chi connectivity index (χ2n) is 7.04. The van der Waals surface area contributed by atoms with Crippen molar-refractivity contribution in [2.24, 2.45) is 5.92 Å². The summed E-state index contributed by atoms with van der Waals surface area (Å²) in [6.07, 6.45) is 0.688. The second-order valence-corrected chi connectivity index (χ2v) is 7.47. The van der Waals surface area contributed by atoms with E-state index >= 15 is 0 Å². The van der Waals surface area contributed by atoms with Gasteiger partial charge in [-0.1, -0.05) is 72.3 Å². The summed E-state index contributed by atoms with van der Waals surface area (Å²) in [5.74, 6) is -0.480. The third kappa shape index (κ3) is 3.96. The molecule has 1 aliphatic rings. The van der Waals surface area contributed by atoms with Crippen LogP contribution in [0.25, 0.3) is 0 Å². The number of urea groups is 1. The Balaban J connectivity index is 1.43. The molecule has 4 rings (SSSR count). The van der Waals surface area contributed by atoms with Gasteiger partial charge in [0.05, 0.1) is 5.92 Å². The van der Waals surface area contributed by atoms with E-state index in [-0.39, 0.29) is 17.2 Å². The van der Waals surface area contributed by atoms with Crippen LogP contribution in [0.3, 0.4) is 0 Å². The van der Waals surface area contributed by atoms with Crippen LogP contribution in [0.4, 0.5) is 10.5 Å². The van der Waals surface area contributed by atoms with E-state index in [1.807, 2.05) is 60.7 Å². The van der Waals surface area contributed by atoms with Crippen LogP contribution in [0.1, 0.15) is 17.5 Å². The molecule has 1 fully saturated rings. The Morgan fingerprint density at radius 2 is 1.34 bits per heavy atom. The third-order valence-electron chi connectivity index (χ3n) is 5.26. The Hall–Kier alpha value is -3.31. The van der Waals surface area contributed by atoms with Crippen LogP contribution in [-0.4, -0.2) is 11.9 Å². The molecule has 3 aromatic carbocycles. The van der Waals surface area contributed by atoms with Crippen LogP contribution in [0.5, 0.6) is 0 Å². The van der Waals surface area contributed by atoms with Crippen molar-refractivity contribution in [1.82, 2.24) is 10.9 Å². The van der Waals surface area contributed by atoms with Gasteiger partial charge in [-0.05, 0) is 41.8 Å². The van der Waals surface area contributed by atoms with Crippen LogP contribution in [-0.2, 0) is 10.2 Å². The molecule has 0 saturated heterocycles. The van der Waals surface area contributed by atoms with Crippen molar-refractivity contribution < 1.29 is 9.59 Å². The van der Waals surface area contributed by atoms with Crippen molar-refractivity contribution in [3.63, 3.8) is 0 Å². The molecule has 1 unspecified atom stereocenters. The van der Waals surface area contributed by atoms with E-state index in [9.17, 15) is 9.59 Å². The Morgan fingerprint density at radius 3 is 1.90 bits per heavy atom. The highest BCUT2D eigenvalue weighted by Crippen LogP contribution is 2.58. The molecule has 0 spiro atoms. The number of amides is 3. The topological polar surface area (TPSA) is 70.2 Å². The standard InChI is InChI=1S/C23H20ClN3O2/c24-18-11-13-19(14-12-18)25-22(29)27-26-21(28)20-15-23(20,16-7-3-1-4-8-16)17-9-5-2-6-10-17/h1-14,20H,15H2,(H,26,28)(H2,25,27,29). The van der Waals surface area contributed by atoms with Gasteiger partial charge in [-0.3, -0.25) is 10.2 Å². The minimum absolute atomic E-state index is 0.219. The fourth-order valence-electron chi connectivity index (χ4n) is 3.76. The highest BCUT2D eigenvalue weighted by molar-refractivity contribution is 6.30. The molecule has 1 atom stereocenters. The molecular weight excluding hydrogens is 386 g/mol. The maximum Gasteiger partial charge on any atom is 0.337 e. The lowest BCUT2D eigenvalue weighted by Gasteiger charge is -2.19. The number of benzene rings is 3. The number of halogens is 1. The maximum absolute atomic E-state index is 12.8. The monoisotopic (exact) mass is 405 g/mol. The van der Waals surface area contributed by atoms with Crippen molar-refractivity contribution in [2.45, 2.75) is 11.8 Å². The van der Waals surface area contributed by atoms with E-state index < -0.39 is 6.03 Å². The van der Waals surface area contributed by atoms with Gasteiger partial charge in [-0.15, -0.1) is 0 Å². The molecular formula is C23H20ClN3O2. The first kappa shape index (κ1) is 19.0. The number of anilines is 1. The predicted octanol–water partition coefficient (Wildman–Crippen LogP) is 4.50. The molecule has 0 aliphatic heterocycles. The summed E-state index contributed by atoms with van der Waals surface area (Å²) in [6.45, 7) is 0. The van der Waals surface area contributed by atoms with E-state index in [4.69, 9.17) is 11.6 Å². The van der Waals surface area contributed by atoms with E-state index in [2.05, 4.69) is 16.2 Å². The molecule has 3 amide bonds. The van der Waals surface area contributed by atoms with Gasteiger partial charge in [0.25, 0.3) is 0 Å². The third-order valence-corrected chi connectivity index (χ3v) is 5.51. The molecule has 29 heavy (non-hydrogen) atoms. The number of rotatable bonds is 4. The summed E-state index contributed by atoms with van der Waals surface area (Å²) in [7, 11) is 0. The van der Waals surface area contributed by atoms with Crippen molar-refractivity contribution in [1.29, 1.82) is 0 Å². The van der Waals surface area contributed by atoms with E-state index in [1.165, 1.54) is 0 Å². The van der Waals surface area contributed by atoms with Crippen molar-refractivity contribution >= 4 is 29.2 Å². The van der Waals surface area contributed by atoms with Crippen LogP contribution >= 0.6 is 11.6 Å². The molecule has 6 heteroatoms. The summed E-state index contributed by atoms with van der Waals surface area (Å²) in [4.78, 5) is 24.9. The summed E-state index contributed by atoms with van der Waals surface area (Å²) in [6, 6.07) is 26.2. The van der Waals surface area contributed by atoms with Gasteiger partial charge in [-0.25, -0.2) is 10.2 Å². The van der Waals surface area contributed by atoms with Gasteiger partial charge in [-0.2, -0.15) is 0 Å². The van der Waals surface area contributed by atoms with Crippen LogP contribution in [0.2, 0.25) is 5.02 Å². The number of hydrogen-bond acceptors (Lipinski definition) is 2. The first-order valence-corrected chi connectivity index (χ1v) is 9.71. The Labute approximate surface area is 174 Å². The molecule has 0 heterocycles. The van der Waals surface area contributed by atoms with E-state index in [1.54, 1.807) is 24.3 Å². The number of nitrogens with one attached hydrogen (secondary N) is 3. The minimum Gasteiger partial charge on any atom is -0.307 e.